The number of piperidine rings is 1. The van der Waals surface area contributed by atoms with E-state index in [0.29, 0.717) is 43.9 Å². The summed E-state index contributed by atoms with van der Waals surface area (Å²) in [6, 6.07) is -0.152. The minimum atomic E-state index is -1.04. The van der Waals surface area contributed by atoms with Gasteiger partial charge in [0.15, 0.2) is 5.69 Å². The molecule has 8 heteroatoms. The van der Waals surface area contributed by atoms with Crippen LogP contribution in [0.1, 0.15) is 35.3 Å². The van der Waals surface area contributed by atoms with E-state index in [4.69, 9.17) is 5.11 Å². The second kappa shape index (κ2) is 6.40. The van der Waals surface area contributed by atoms with Gasteiger partial charge in [-0.05, 0) is 19.8 Å². The number of likely N-dealkylation sites (tertiary alicyclic amines) is 1. The highest BCUT2D eigenvalue weighted by Crippen LogP contribution is 2.20. The first-order valence-electron chi connectivity index (χ1n) is 6.80. The molecule has 0 spiro atoms. The molecular weight excluding hydrogens is 294 g/mol. The van der Waals surface area contributed by atoms with Crippen molar-refractivity contribution in [1.82, 2.24) is 15.2 Å². The van der Waals surface area contributed by atoms with Gasteiger partial charge in [0.2, 0.25) is 0 Å². The average Bonchev–Trinajstić information content (AvgIpc) is 2.87. The molecule has 0 bridgehead atoms. The van der Waals surface area contributed by atoms with Crippen LogP contribution in [0.3, 0.4) is 0 Å². The molecule has 0 radical (unpaired) electrons. The fourth-order valence-electron chi connectivity index (χ4n) is 2.10. The SMILES string of the molecule is CC1(O)CCN(C(=O)NCCc2nc(C(=O)O)cs2)CC1. The molecule has 2 heterocycles. The van der Waals surface area contributed by atoms with Crippen molar-refractivity contribution in [3.63, 3.8) is 0 Å². The number of rotatable bonds is 4. The van der Waals surface area contributed by atoms with Gasteiger partial charge in [-0.1, -0.05) is 0 Å². The van der Waals surface area contributed by atoms with E-state index in [1.54, 1.807) is 11.8 Å². The van der Waals surface area contributed by atoms with Crippen LogP contribution in [0.4, 0.5) is 4.79 Å². The Hall–Kier alpha value is -1.67. The van der Waals surface area contributed by atoms with Crippen LogP contribution >= 0.6 is 11.3 Å². The van der Waals surface area contributed by atoms with Crippen molar-refractivity contribution in [2.75, 3.05) is 19.6 Å². The van der Waals surface area contributed by atoms with Crippen molar-refractivity contribution in [2.24, 2.45) is 0 Å². The first kappa shape index (κ1) is 15.7. The normalized spacial score (nSPS) is 17.5. The summed E-state index contributed by atoms with van der Waals surface area (Å²) in [6.45, 7) is 3.28. The summed E-state index contributed by atoms with van der Waals surface area (Å²) in [5.74, 6) is -1.04. The molecule has 0 aromatic carbocycles. The maximum atomic E-state index is 11.9. The topological polar surface area (TPSA) is 103 Å². The lowest BCUT2D eigenvalue weighted by Gasteiger charge is -2.35. The van der Waals surface area contributed by atoms with Gasteiger partial charge < -0.3 is 20.4 Å². The van der Waals surface area contributed by atoms with Crippen LogP contribution in [0.5, 0.6) is 0 Å². The standard InChI is InChI=1S/C13H19N3O4S/c1-13(20)3-6-16(7-4-13)12(19)14-5-2-10-15-9(8-21-10)11(17)18/h8,20H,2-7H2,1H3,(H,14,19)(H,17,18). The van der Waals surface area contributed by atoms with Gasteiger partial charge in [-0.15, -0.1) is 11.3 Å². The number of amides is 2. The van der Waals surface area contributed by atoms with Crippen molar-refractivity contribution >= 4 is 23.3 Å². The summed E-state index contributed by atoms with van der Waals surface area (Å²) < 4.78 is 0. The highest BCUT2D eigenvalue weighted by atomic mass is 32.1. The minimum absolute atomic E-state index is 0.0413. The Bertz CT molecular complexity index is 519. The largest absolute Gasteiger partial charge is 0.476 e. The van der Waals surface area contributed by atoms with Crippen LogP contribution in [0.15, 0.2) is 5.38 Å². The number of carboxylic acid groups (broad SMARTS) is 1. The summed E-state index contributed by atoms with van der Waals surface area (Å²) in [5.41, 5.74) is -0.634. The zero-order valence-corrected chi connectivity index (χ0v) is 12.7. The molecule has 116 valence electrons. The number of nitrogens with zero attached hydrogens (tertiary/aromatic N) is 2. The van der Waals surface area contributed by atoms with Gasteiger partial charge in [-0.2, -0.15) is 0 Å². The fourth-order valence-corrected chi connectivity index (χ4v) is 2.88. The number of carbonyl (C=O) groups is 2. The van der Waals surface area contributed by atoms with Gasteiger partial charge in [-0.3, -0.25) is 0 Å². The molecule has 0 aliphatic carbocycles. The lowest BCUT2D eigenvalue weighted by molar-refractivity contribution is 0.00441. The maximum absolute atomic E-state index is 11.9. The zero-order chi connectivity index (χ0) is 15.5. The molecule has 0 unspecified atom stereocenters. The Balaban J connectivity index is 1.73. The quantitative estimate of drug-likeness (QED) is 0.767. The van der Waals surface area contributed by atoms with Crippen molar-refractivity contribution in [2.45, 2.75) is 31.8 Å². The molecule has 7 nitrogen and oxygen atoms in total. The van der Waals surface area contributed by atoms with Gasteiger partial charge in [-0.25, -0.2) is 14.6 Å². The van der Waals surface area contributed by atoms with E-state index < -0.39 is 11.6 Å². The zero-order valence-electron chi connectivity index (χ0n) is 11.8. The Kier molecular flexibility index (Phi) is 4.79. The van der Waals surface area contributed by atoms with Gasteiger partial charge in [0.1, 0.15) is 0 Å². The van der Waals surface area contributed by atoms with Crippen molar-refractivity contribution in [1.29, 1.82) is 0 Å². The van der Waals surface area contributed by atoms with E-state index in [1.165, 1.54) is 16.7 Å². The van der Waals surface area contributed by atoms with Crippen LogP contribution in [0.25, 0.3) is 0 Å². The molecule has 1 aliphatic heterocycles. The summed E-state index contributed by atoms with van der Waals surface area (Å²) in [6.07, 6.45) is 1.67. The van der Waals surface area contributed by atoms with E-state index in [0.717, 1.165) is 0 Å². The highest BCUT2D eigenvalue weighted by molar-refractivity contribution is 7.09. The maximum Gasteiger partial charge on any atom is 0.355 e. The Morgan fingerprint density at radius 1 is 1.48 bits per heavy atom. The predicted molar refractivity (Wildman–Crippen MR) is 77.6 cm³/mol. The van der Waals surface area contributed by atoms with E-state index in [1.807, 2.05) is 0 Å². The van der Waals surface area contributed by atoms with Crippen LogP contribution < -0.4 is 5.32 Å². The van der Waals surface area contributed by atoms with Crippen LogP contribution in [-0.4, -0.2) is 57.3 Å². The number of aliphatic hydroxyl groups is 1. The molecule has 0 atom stereocenters. The molecule has 1 aliphatic rings. The molecule has 1 aromatic heterocycles. The Morgan fingerprint density at radius 2 is 2.14 bits per heavy atom. The number of aromatic carboxylic acids is 1. The number of hydrogen-bond donors (Lipinski definition) is 3. The molecule has 2 rings (SSSR count). The highest BCUT2D eigenvalue weighted by Gasteiger charge is 2.29. The average molecular weight is 313 g/mol. The molecule has 2 amide bonds. The number of urea groups is 1. The van der Waals surface area contributed by atoms with Gasteiger partial charge in [0.05, 0.1) is 10.6 Å². The van der Waals surface area contributed by atoms with Crippen LogP contribution in [-0.2, 0) is 6.42 Å². The number of nitrogens with one attached hydrogen (secondary N) is 1. The molecule has 21 heavy (non-hydrogen) atoms. The van der Waals surface area contributed by atoms with Gasteiger partial charge in [0, 0.05) is 31.4 Å². The predicted octanol–water partition coefficient (Wildman–Crippen LogP) is 0.940. The van der Waals surface area contributed by atoms with E-state index in [9.17, 15) is 14.7 Å². The monoisotopic (exact) mass is 313 g/mol. The van der Waals surface area contributed by atoms with E-state index in [2.05, 4.69) is 10.3 Å². The summed E-state index contributed by atoms with van der Waals surface area (Å²) in [5, 5.41) is 23.6. The number of aromatic nitrogens is 1. The third kappa shape index (κ3) is 4.40. The third-order valence-corrected chi connectivity index (χ3v) is 4.42. The Labute approximate surface area is 126 Å². The van der Waals surface area contributed by atoms with Gasteiger partial charge >= 0.3 is 12.0 Å². The Morgan fingerprint density at radius 3 is 2.71 bits per heavy atom. The van der Waals surface area contributed by atoms with Crippen LogP contribution in [0, 0.1) is 0 Å². The molecule has 1 fully saturated rings. The fraction of sp³-hybridized carbons (Fsp3) is 0.615. The molecule has 1 saturated heterocycles. The van der Waals surface area contributed by atoms with E-state index >= 15 is 0 Å². The number of carbonyl (C=O) groups excluding carboxylic acids is 1. The number of hydrogen-bond acceptors (Lipinski definition) is 5. The van der Waals surface area contributed by atoms with E-state index in [-0.39, 0.29) is 11.7 Å². The molecular formula is C13H19N3O4S. The van der Waals surface area contributed by atoms with Crippen molar-refractivity contribution in [3.8, 4) is 0 Å². The van der Waals surface area contributed by atoms with Crippen LogP contribution in [0.2, 0.25) is 0 Å². The number of thiazole rings is 1. The van der Waals surface area contributed by atoms with Crippen molar-refractivity contribution in [3.05, 3.63) is 16.1 Å². The van der Waals surface area contributed by atoms with Gasteiger partial charge in [0.25, 0.3) is 0 Å². The summed E-state index contributed by atoms with van der Waals surface area (Å²) in [7, 11) is 0. The lowest BCUT2D eigenvalue weighted by Crippen LogP contribution is -2.49. The molecule has 0 saturated carbocycles. The first-order chi connectivity index (χ1) is 9.87. The smallest absolute Gasteiger partial charge is 0.355 e. The molecule has 3 N–H and O–H groups in total. The second-order valence-electron chi connectivity index (χ2n) is 5.40. The third-order valence-electron chi connectivity index (χ3n) is 3.51. The number of carboxylic acids is 1. The lowest BCUT2D eigenvalue weighted by atomic mass is 9.94. The summed E-state index contributed by atoms with van der Waals surface area (Å²) >= 11 is 1.27. The molecule has 1 aromatic rings. The summed E-state index contributed by atoms with van der Waals surface area (Å²) in [4.78, 5) is 28.3. The van der Waals surface area contributed by atoms with Crippen molar-refractivity contribution < 1.29 is 19.8 Å². The minimum Gasteiger partial charge on any atom is -0.476 e. The first-order valence-corrected chi connectivity index (χ1v) is 7.68. The second-order valence-corrected chi connectivity index (χ2v) is 6.34.